The SMILES string of the molecule is Cc1cccc(CCC(NN)c2csc(C)c2)c1. The molecule has 1 aromatic heterocycles. The van der Waals surface area contributed by atoms with Crippen LogP contribution in [-0.4, -0.2) is 0 Å². The van der Waals surface area contributed by atoms with E-state index in [1.165, 1.54) is 21.6 Å². The normalized spacial score (nSPS) is 12.6. The van der Waals surface area contributed by atoms with Crippen molar-refractivity contribution in [1.82, 2.24) is 5.43 Å². The molecule has 0 aliphatic rings. The predicted molar refractivity (Wildman–Crippen MR) is 78.6 cm³/mol. The maximum absolute atomic E-state index is 5.66. The van der Waals surface area contributed by atoms with E-state index in [-0.39, 0.29) is 6.04 Å². The fourth-order valence-corrected chi connectivity index (χ4v) is 2.93. The van der Waals surface area contributed by atoms with Crippen molar-refractivity contribution in [3.05, 3.63) is 57.3 Å². The van der Waals surface area contributed by atoms with Crippen LogP contribution in [0.25, 0.3) is 0 Å². The highest BCUT2D eigenvalue weighted by molar-refractivity contribution is 7.10. The Labute approximate surface area is 113 Å². The first-order chi connectivity index (χ1) is 8.69. The lowest BCUT2D eigenvalue weighted by molar-refractivity contribution is 0.517. The standard InChI is InChI=1S/C15H20N2S/c1-11-4-3-5-13(8-11)6-7-15(17-16)14-9-12(2)18-10-14/h3-5,8-10,15,17H,6-7,16H2,1-2H3. The average Bonchev–Trinajstić information content (AvgIpc) is 2.77. The van der Waals surface area contributed by atoms with E-state index < -0.39 is 0 Å². The largest absolute Gasteiger partial charge is 0.271 e. The molecule has 3 N–H and O–H groups in total. The summed E-state index contributed by atoms with van der Waals surface area (Å²) in [7, 11) is 0. The summed E-state index contributed by atoms with van der Waals surface area (Å²) in [5.74, 6) is 5.66. The third-order valence-corrected chi connectivity index (χ3v) is 4.04. The van der Waals surface area contributed by atoms with Crippen LogP contribution in [0.4, 0.5) is 0 Å². The minimum absolute atomic E-state index is 0.246. The van der Waals surface area contributed by atoms with Gasteiger partial charge in [0.05, 0.1) is 0 Å². The van der Waals surface area contributed by atoms with E-state index in [2.05, 4.69) is 55.0 Å². The lowest BCUT2D eigenvalue weighted by Gasteiger charge is -2.14. The molecule has 0 fully saturated rings. The Morgan fingerprint density at radius 2 is 2.11 bits per heavy atom. The molecule has 0 saturated carbocycles. The van der Waals surface area contributed by atoms with Crippen molar-refractivity contribution in [2.75, 3.05) is 0 Å². The molecule has 2 rings (SSSR count). The Balaban J connectivity index is 1.99. The van der Waals surface area contributed by atoms with Gasteiger partial charge in [0.25, 0.3) is 0 Å². The number of hydrogen-bond donors (Lipinski definition) is 2. The first kappa shape index (κ1) is 13.3. The molecule has 1 heterocycles. The number of benzene rings is 1. The van der Waals surface area contributed by atoms with Crippen LogP contribution < -0.4 is 11.3 Å². The van der Waals surface area contributed by atoms with Crippen molar-refractivity contribution < 1.29 is 0 Å². The van der Waals surface area contributed by atoms with Crippen molar-refractivity contribution in [1.29, 1.82) is 0 Å². The lowest BCUT2D eigenvalue weighted by atomic mass is 10.0. The van der Waals surface area contributed by atoms with Crippen LogP contribution in [0.15, 0.2) is 35.7 Å². The number of hydrogen-bond acceptors (Lipinski definition) is 3. The van der Waals surface area contributed by atoms with E-state index in [9.17, 15) is 0 Å². The molecule has 1 unspecified atom stereocenters. The highest BCUT2D eigenvalue weighted by atomic mass is 32.1. The summed E-state index contributed by atoms with van der Waals surface area (Å²) in [5.41, 5.74) is 6.91. The van der Waals surface area contributed by atoms with Gasteiger partial charge in [-0.3, -0.25) is 11.3 Å². The maximum atomic E-state index is 5.66. The van der Waals surface area contributed by atoms with Gasteiger partial charge >= 0.3 is 0 Å². The zero-order valence-electron chi connectivity index (χ0n) is 10.9. The Morgan fingerprint density at radius 3 is 2.72 bits per heavy atom. The number of nitrogens with two attached hydrogens (primary N) is 1. The molecule has 96 valence electrons. The van der Waals surface area contributed by atoms with E-state index in [0.29, 0.717) is 0 Å². The van der Waals surface area contributed by atoms with Gasteiger partial charge in [0.2, 0.25) is 0 Å². The van der Waals surface area contributed by atoms with Gasteiger partial charge < -0.3 is 0 Å². The number of hydrazine groups is 1. The van der Waals surface area contributed by atoms with Gasteiger partial charge in [0, 0.05) is 10.9 Å². The van der Waals surface area contributed by atoms with E-state index in [1.54, 1.807) is 11.3 Å². The van der Waals surface area contributed by atoms with Crippen molar-refractivity contribution in [3.63, 3.8) is 0 Å². The van der Waals surface area contributed by atoms with Crippen LogP contribution in [0.5, 0.6) is 0 Å². The van der Waals surface area contributed by atoms with Crippen LogP contribution in [0, 0.1) is 13.8 Å². The second-order valence-corrected chi connectivity index (χ2v) is 5.85. The van der Waals surface area contributed by atoms with Crippen molar-refractivity contribution in [2.24, 2.45) is 5.84 Å². The highest BCUT2D eigenvalue weighted by Crippen LogP contribution is 2.23. The number of aryl methyl sites for hydroxylation is 3. The molecular weight excluding hydrogens is 240 g/mol. The minimum Gasteiger partial charge on any atom is -0.271 e. The van der Waals surface area contributed by atoms with Gasteiger partial charge in [-0.2, -0.15) is 0 Å². The third kappa shape index (κ3) is 3.42. The quantitative estimate of drug-likeness (QED) is 0.638. The molecule has 2 nitrogen and oxygen atoms in total. The predicted octanol–water partition coefficient (Wildman–Crippen LogP) is 3.50. The summed E-state index contributed by atoms with van der Waals surface area (Å²) in [6.45, 7) is 4.26. The van der Waals surface area contributed by atoms with Crippen molar-refractivity contribution in [3.8, 4) is 0 Å². The Kier molecular flexibility index (Phi) is 4.53. The summed E-state index contributed by atoms with van der Waals surface area (Å²) in [6, 6.07) is 11.1. The summed E-state index contributed by atoms with van der Waals surface area (Å²) in [6.07, 6.45) is 2.07. The van der Waals surface area contributed by atoms with Crippen LogP contribution >= 0.6 is 11.3 Å². The van der Waals surface area contributed by atoms with Gasteiger partial charge in [0.1, 0.15) is 0 Å². The fraction of sp³-hybridized carbons (Fsp3) is 0.333. The highest BCUT2D eigenvalue weighted by Gasteiger charge is 2.11. The molecular formula is C15H20N2S. The zero-order chi connectivity index (χ0) is 13.0. The van der Waals surface area contributed by atoms with Crippen LogP contribution in [0.2, 0.25) is 0 Å². The van der Waals surface area contributed by atoms with Crippen LogP contribution in [0.3, 0.4) is 0 Å². The fourth-order valence-electron chi connectivity index (χ4n) is 2.17. The summed E-state index contributed by atoms with van der Waals surface area (Å²) in [5, 5.41) is 2.19. The smallest absolute Gasteiger partial charge is 0.0471 e. The van der Waals surface area contributed by atoms with E-state index in [1.807, 2.05) is 0 Å². The van der Waals surface area contributed by atoms with Crippen LogP contribution in [0.1, 0.15) is 34.0 Å². The van der Waals surface area contributed by atoms with E-state index in [0.717, 1.165) is 12.8 Å². The Morgan fingerprint density at radius 1 is 1.28 bits per heavy atom. The van der Waals surface area contributed by atoms with Crippen molar-refractivity contribution in [2.45, 2.75) is 32.7 Å². The molecule has 18 heavy (non-hydrogen) atoms. The second kappa shape index (κ2) is 6.14. The molecule has 0 radical (unpaired) electrons. The molecule has 0 aliphatic heterocycles. The molecule has 1 aromatic carbocycles. The molecule has 0 aliphatic carbocycles. The van der Waals surface area contributed by atoms with Gasteiger partial charge in [0.15, 0.2) is 0 Å². The van der Waals surface area contributed by atoms with Gasteiger partial charge in [-0.15, -0.1) is 11.3 Å². The van der Waals surface area contributed by atoms with E-state index in [4.69, 9.17) is 5.84 Å². The Hall–Kier alpha value is -1.16. The second-order valence-electron chi connectivity index (χ2n) is 4.74. The summed E-state index contributed by atoms with van der Waals surface area (Å²) in [4.78, 5) is 1.33. The maximum Gasteiger partial charge on any atom is 0.0471 e. The monoisotopic (exact) mass is 260 g/mol. The summed E-state index contributed by atoms with van der Waals surface area (Å²) < 4.78 is 0. The zero-order valence-corrected chi connectivity index (χ0v) is 11.8. The molecule has 3 heteroatoms. The number of nitrogens with one attached hydrogen (secondary N) is 1. The minimum atomic E-state index is 0.246. The third-order valence-electron chi connectivity index (χ3n) is 3.16. The molecule has 1 atom stereocenters. The number of rotatable bonds is 5. The van der Waals surface area contributed by atoms with Gasteiger partial charge in [-0.1, -0.05) is 29.8 Å². The van der Waals surface area contributed by atoms with Crippen molar-refractivity contribution >= 4 is 11.3 Å². The first-order valence-corrected chi connectivity index (χ1v) is 7.13. The average molecular weight is 260 g/mol. The lowest BCUT2D eigenvalue weighted by Crippen LogP contribution is -2.28. The molecule has 0 saturated heterocycles. The number of thiophene rings is 1. The molecule has 0 spiro atoms. The first-order valence-electron chi connectivity index (χ1n) is 6.26. The summed E-state index contributed by atoms with van der Waals surface area (Å²) >= 11 is 1.78. The molecule has 0 amide bonds. The topological polar surface area (TPSA) is 38.0 Å². The molecule has 2 aromatic rings. The molecule has 0 bridgehead atoms. The van der Waals surface area contributed by atoms with Crippen LogP contribution in [-0.2, 0) is 6.42 Å². The van der Waals surface area contributed by atoms with Gasteiger partial charge in [-0.25, -0.2) is 0 Å². The Bertz CT molecular complexity index is 505. The van der Waals surface area contributed by atoms with Gasteiger partial charge in [-0.05, 0) is 49.3 Å². The van der Waals surface area contributed by atoms with E-state index >= 15 is 0 Å².